The molecular formula is C22H22O. The molecule has 1 nitrogen and oxygen atoms in total. The van der Waals surface area contributed by atoms with Crippen LogP contribution < -0.4 is 4.74 Å². The van der Waals surface area contributed by atoms with E-state index in [1.807, 2.05) is 36.4 Å². The summed E-state index contributed by atoms with van der Waals surface area (Å²) in [5.74, 6) is 1.32. The van der Waals surface area contributed by atoms with E-state index in [0.717, 1.165) is 5.75 Å². The molecule has 0 aliphatic rings. The van der Waals surface area contributed by atoms with E-state index in [2.05, 4.69) is 62.4 Å². The van der Waals surface area contributed by atoms with Gasteiger partial charge in [0.1, 0.15) is 11.9 Å². The summed E-state index contributed by atoms with van der Waals surface area (Å²) in [6, 6.07) is 29.2. The molecule has 0 aliphatic heterocycles. The van der Waals surface area contributed by atoms with Crippen molar-refractivity contribution in [1.29, 1.82) is 0 Å². The molecule has 0 aliphatic carbocycles. The predicted molar refractivity (Wildman–Crippen MR) is 96.5 cm³/mol. The number of rotatable bonds is 5. The van der Waals surface area contributed by atoms with Crippen molar-refractivity contribution in [3.63, 3.8) is 0 Å². The molecule has 0 fully saturated rings. The summed E-state index contributed by atoms with van der Waals surface area (Å²) in [6.45, 7) is 4.39. The minimum atomic E-state index is 0.0576. The normalized spacial score (nSPS) is 12.1. The minimum absolute atomic E-state index is 0.0576. The lowest BCUT2D eigenvalue weighted by Gasteiger charge is -2.23. The smallest absolute Gasteiger partial charge is 0.126 e. The number of hydrogen-bond acceptors (Lipinski definition) is 1. The molecule has 1 heteroatoms. The summed E-state index contributed by atoms with van der Waals surface area (Å²) in [7, 11) is 0. The van der Waals surface area contributed by atoms with Crippen LogP contribution in [0, 0.1) is 5.92 Å². The Morgan fingerprint density at radius 2 is 1.13 bits per heavy atom. The molecule has 116 valence electrons. The van der Waals surface area contributed by atoms with Gasteiger partial charge < -0.3 is 4.74 Å². The zero-order chi connectivity index (χ0) is 16.1. The van der Waals surface area contributed by atoms with Gasteiger partial charge in [0.25, 0.3) is 0 Å². The van der Waals surface area contributed by atoms with Crippen molar-refractivity contribution < 1.29 is 4.74 Å². The fraction of sp³-hybridized carbons (Fsp3) is 0.182. The number of benzene rings is 3. The number of ether oxygens (including phenoxy) is 1. The van der Waals surface area contributed by atoms with Crippen molar-refractivity contribution in [3.8, 4) is 16.9 Å². The number of para-hydroxylation sites is 1. The molecule has 0 amide bonds. The van der Waals surface area contributed by atoms with Crippen LogP contribution >= 0.6 is 0 Å². The van der Waals surface area contributed by atoms with Crippen molar-refractivity contribution >= 4 is 0 Å². The first-order chi connectivity index (χ1) is 11.2. The second kappa shape index (κ2) is 7.15. The van der Waals surface area contributed by atoms with E-state index in [4.69, 9.17) is 4.74 Å². The van der Waals surface area contributed by atoms with Crippen LogP contribution in [-0.2, 0) is 0 Å². The van der Waals surface area contributed by atoms with E-state index in [0.29, 0.717) is 5.92 Å². The number of hydrogen-bond donors (Lipinski definition) is 0. The van der Waals surface area contributed by atoms with Crippen LogP contribution in [0.3, 0.4) is 0 Å². The third kappa shape index (κ3) is 3.81. The molecule has 3 aromatic carbocycles. The molecule has 0 radical (unpaired) electrons. The van der Waals surface area contributed by atoms with Crippen molar-refractivity contribution in [3.05, 3.63) is 90.5 Å². The van der Waals surface area contributed by atoms with E-state index >= 15 is 0 Å². The van der Waals surface area contributed by atoms with Crippen molar-refractivity contribution in [2.75, 3.05) is 0 Å². The molecule has 0 heterocycles. The van der Waals surface area contributed by atoms with E-state index < -0.39 is 0 Å². The maximum atomic E-state index is 6.21. The summed E-state index contributed by atoms with van der Waals surface area (Å²) in [4.78, 5) is 0. The van der Waals surface area contributed by atoms with Crippen LogP contribution in [0.1, 0.15) is 25.5 Å². The summed E-state index contributed by atoms with van der Waals surface area (Å²) in [5, 5.41) is 0. The van der Waals surface area contributed by atoms with Gasteiger partial charge in [-0.25, -0.2) is 0 Å². The molecule has 0 saturated carbocycles. The van der Waals surface area contributed by atoms with Gasteiger partial charge in [-0.05, 0) is 34.7 Å². The fourth-order valence-electron chi connectivity index (χ4n) is 2.73. The SMILES string of the molecule is CC(C)[C@H](Oc1ccccc1)c1ccc(-c2ccccc2)cc1. The lowest BCUT2D eigenvalue weighted by molar-refractivity contribution is 0.154. The average molecular weight is 302 g/mol. The van der Waals surface area contributed by atoms with Gasteiger partial charge in [0, 0.05) is 0 Å². The first-order valence-corrected chi connectivity index (χ1v) is 8.11. The standard InChI is InChI=1S/C22H22O/c1-17(2)22(23-21-11-7-4-8-12-21)20-15-13-19(14-16-20)18-9-5-3-6-10-18/h3-17,22H,1-2H3/t22-/m0/s1. The van der Waals surface area contributed by atoms with Crippen LogP contribution in [0.25, 0.3) is 11.1 Å². The Kier molecular flexibility index (Phi) is 4.77. The van der Waals surface area contributed by atoms with Crippen molar-refractivity contribution in [1.82, 2.24) is 0 Å². The van der Waals surface area contributed by atoms with Crippen LogP contribution in [0.5, 0.6) is 5.75 Å². The highest BCUT2D eigenvalue weighted by Crippen LogP contribution is 2.30. The molecule has 0 N–H and O–H groups in total. The van der Waals surface area contributed by atoms with Crippen LogP contribution in [0.4, 0.5) is 0 Å². The Labute approximate surface area is 138 Å². The lowest BCUT2D eigenvalue weighted by atomic mass is 9.96. The highest BCUT2D eigenvalue weighted by molar-refractivity contribution is 5.63. The molecule has 1 atom stereocenters. The van der Waals surface area contributed by atoms with E-state index in [1.54, 1.807) is 0 Å². The molecule has 0 aromatic heterocycles. The van der Waals surface area contributed by atoms with Crippen LogP contribution in [-0.4, -0.2) is 0 Å². The molecule has 23 heavy (non-hydrogen) atoms. The molecular weight excluding hydrogens is 280 g/mol. The lowest BCUT2D eigenvalue weighted by Crippen LogP contribution is -2.14. The van der Waals surface area contributed by atoms with Gasteiger partial charge in [0.15, 0.2) is 0 Å². The maximum absolute atomic E-state index is 6.21. The van der Waals surface area contributed by atoms with Gasteiger partial charge in [0.05, 0.1) is 0 Å². The Hall–Kier alpha value is -2.54. The van der Waals surface area contributed by atoms with Gasteiger partial charge in [-0.1, -0.05) is 86.6 Å². The fourth-order valence-corrected chi connectivity index (χ4v) is 2.73. The summed E-state index contributed by atoms with van der Waals surface area (Å²) < 4.78 is 6.21. The van der Waals surface area contributed by atoms with E-state index in [9.17, 15) is 0 Å². The highest BCUT2D eigenvalue weighted by Gasteiger charge is 2.17. The average Bonchev–Trinajstić information content (AvgIpc) is 2.61. The van der Waals surface area contributed by atoms with E-state index in [1.165, 1.54) is 16.7 Å². The molecule has 0 saturated heterocycles. The third-order valence-corrected chi connectivity index (χ3v) is 3.96. The van der Waals surface area contributed by atoms with Crippen LogP contribution in [0.15, 0.2) is 84.9 Å². The molecule has 3 aromatic rings. The van der Waals surface area contributed by atoms with E-state index in [-0.39, 0.29) is 6.10 Å². The Bertz CT molecular complexity index is 715. The monoisotopic (exact) mass is 302 g/mol. The van der Waals surface area contributed by atoms with Gasteiger partial charge in [-0.3, -0.25) is 0 Å². The molecule has 0 unspecified atom stereocenters. The summed E-state index contributed by atoms with van der Waals surface area (Å²) in [5.41, 5.74) is 3.68. The predicted octanol–water partition coefficient (Wildman–Crippen LogP) is 6.13. The largest absolute Gasteiger partial charge is 0.485 e. The summed E-state index contributed by atoms with van der Waals surface area (Å²) >= 11 is 0. The van der Waals surface area contributed by atoms with Crippen molar-refractivity contribution in [2.24, 2.45) is 5.92 Å². The Morgan fingerprint density at radius 3 is 1.70 bits per heavy atom. The van der Waals surface area contributed by atoms with Gasteiger partial charge in [-0.2, -0.15) is 0 Å². The second-order valence-corrected chi connectivity index (χ2v) is 6.08. The third-order valence-electron chi connectivity index (χ3n) is 3.96. The zero-order valence-corrected chi connectivity index (χ0v) is 13.6. The second-order valence-electron chi connectivity index (χ2n) is 6.08. The molecule has 0 spiro atoms. The highest BCUT2D eigenvalue weighted by atomic mass is 16.5. The maximum Gasteiger partial charge on any atom is 0.126 e. The Morgan fingerprint density at radius 1 is 0.609 bits per heavy atom. The van der Waals surface area contributed by atoms with Gasteiger partial charge in [0.2, 0.25) is 0 Å². The topological polar surface area (TPSA) is 9.23 Å². The Balaban J connectivity index is 1.83. The molecule has 0 bridgehead atoms. The van der Waals surface area contributed by atoms with Gasteiger partial charge in [-0.15, -0.1) is 0 Å². The minimum Gasteiger partial charge on any atom is -0.485 e. The molecule has 3 rings (SSSR count). The first-order valence-electron chi connectivity index (χ1n) is 8.11. The quantitative estimate of drug-likeness (QED) is 0.551. The zero-order valence-electron chi connectivity index (χ0n) is 13.6. The first kappa shape index (κ1) is 15.4. The van der Waals surface area contributed by atoms with Crippen LogP contribution in [0.2, 0.25) is 0 Å². The van der Waals surface area contributed by atoms with Gasteiger partial charge >= 0.3 is 0 Å². The summed E-state index contributed by atoms with van der Waals surface area (Å²) in [6.07, 6.45) is 0.0576. The van der Waals surface area contributed by atoms with Crippen molar-refractivity contribution in [2.45, 2.75) is 20.0 Å².